The van der Waals surface area contributed by atoms with Crippen LogP contribution < -0.4 is 10.9 Å². The van der Waals surface area contributed by atoms with E-state index < -0.39 is 5.97 Å². The van der Waals surface area contributed by atoms with Gasteiger partial charge in [0.25, 0.3) is 5.56 Å². The molecule has 152 valence electrons. The van der Waals surface area contributed by atoms with Gasteiger partial charge in [-0.25, -0.2) is 9.78 Å². The topological polar surface area (TPSA) is 90.3 Å². The fraction of sp³-hybridized carbons (Fsp3) is 0.600. The monoisotopic (exact) mass is 405 g/mol. The van der Waals surface area contributed by atoms with Crippen molar-refractivity contribution in [3.63, 3.8) is 0 Å². The molecular weight excluding hydrogens is 378 g/mol. The minimum atomic E-state index is -0.435. The average Bonchev–Trinajstić information content (AvgIpc) is 3.00. The van der Waals surface area contributed by atoms with Crippen LogP contribution in [0.5, 0.6) is 0 Å². The standard InChI is InChI=1S/C20H27N3O4S/c1-12(2)10-27-20(26)17-13(3)16-18(28-17)21-11-23(19(16)25)9-15(24)22-14-7-5-4-6-8-14/h11-12,14H,4-10H2,1-3H3,(H,22,24). The number of rotatable bonds is 6. The highest BCUT2D eigenvalue weighted by molar-refractivity contribution is 7.20. The van der Waals surface area contributed by atoms with E-state index in [0.717, 1.165) is 37.0 Å². The molecule has 1 aliphatic carbocycles. The molecule has 0 aliphatic heterocycles. The third kappa shape index (κ3) is 4.60. The molecule has 0 bridgehead atoms. The summed E-state index contributed by atoms with van der Waals surface area (Å²) >= 11 is 1.15. The SMILES string of the molecule is Cc1c(C(=O)OCC(C)C)sc2ncn(CC(=O)NC3CCCCC3)c(=O)c12. The van der Waals surface area contributed by atoms with Crippen LogP contribution in [-0.2, 0) is 16.1 Å². The Kier molecular flexibility index (Phi) is 6.49. The lowest BCUT2D eigenvalue weighted by atomic mass is 9.95. The molecule has 1 aliphatic rings. The Hall–Kier alpha value is -2.22. The van der Waals surface area contributed by atoms with Crippen LogP contribution in [0.1, 0.15) is 61.2 Å². The Balaban J connectivity index is 1.78. The van der Waals surface area contributed by atoms with Crippen molar-refractivity contribution < 1.29 is 14.3 Å². The number of amides is 1. The van der Waals surface area contributed by atoms with Gasteiger partial charge in [0, 0.05) is 6.04 Å². The van der Waals surface area contributed by atoms with E-state index in [1.54, 1.807) is 6.92 Å². The van der Waals surface area contributed by atoms with Crippen molar-refractivity contribution in [1.82, 2.24) is 14.9 Å². The first-order chi connectivity index (χ1) is 13.4. The Morgan fingerprint density at radius 1 is 1.32 bits per heavy atom. The summed E-state index contributed by atoms with van der Waals surface area (Å²) in [5, 5.41) is 3.39. The molecule has 0 spiro atoms. The van der Waals surface area contributed by atoms with Gasteiger partial charge in [0.05, 0.1) is 18.3 Å². The maximum Gasteiger partial charge on any atom is 0.348 e. The highest BCUT2D eigenvalue weighted by atomic mass is 32.1. The van der Waals surface area contributed by atoms with Gasteiger partial charge in [0.15, 0.2) is 0 Å². The van der Waals surface area contributed by atoms with Crippen LogP contribution in [0.4, 0.5) is 0 Å². The molecule has 0 saturated heterocycles. The summed E-state index contributed by atoms with van der Waals surface area (Å²) in [5.74, 6) is -0.383. The smallest absolute Gasteiger partial charge is 0.348 e. The first-order valence-electron chi connectivity index (χ1n) is 9.81. The Bertz CT molecular complexity index is 925. The Morgan fingerprint density at radius 3 is 2.71 bits per heavy atom. The van der Waals surface area contributed by atoms with Gasteiger partial charge in [-0.1, -0.05) is 33.1 Å². The third-order valence-electron chi connectivity index (χ3n) is 4.93. The number of fused-ring (bicyclic) bond motifs is 1. The van der Waals surface area contributed by atoms with Crippen LogP contribution in [0, 0.1) is 12.8 Å². The van der Waals surface area contributed by atoms with Gasteiger partial charge in [-0.2, -0.15) is 0 Å². The molecular formula is C20H27N3O4S. The highest BCUT2D eigenvalue weighted by Crippen LogP contribution is 2.27. The minimum absolute atomic E-state index is 0.0688. The first kappa shape index (κ1) is 20.5. The third-order valence-corrected chi connectivity index (χ3v) is 6.11. The van der Waals surface area contributed by atoms with Gasteiger partial charge in [0.2, 0.25) is 5.91 Å². The van der Waals surface area contributed by atoms with Crippen LogP contribution in [0.15, 0.2) is 11.1 Å². The van der Waals surface area contributed by atoms with E-state index in [1.165, 1.54) is 17.3 Å². The van der Waals surface area contributed by atoms with Crippen LogP contribution in [0.2, 0.25) is 0 Å². The second-order valence-corrected chi connectivity index (χ2v) is 8.81. The molecule has 1 saturated carbocycles. The zero-order valence-electron chi connectivity index (χ0n) is 16.6. The van der Waals surface area contributed by atoms with Crippen molar-refractivity contribution in [2.24, 2.45) is 5.92 Å². The number of aryl methyl sites for hydroxylation is 1. The molecule has 7 nitrogen and oxygen atoms in total. The molecule has 0 aromatic carbocycles. The van der Waals surface area contributed by atoms with Gasteiger partial charge < -0.3 is 10.1 Å². The number of hydrogen-bond donors (Lipinski definition) is 1. The second-order valence-electron chi connectivity index (χ2n) is 7.81. The lowest BCUT2D eigenvalue weighted by Gasteiger charge is -2.22. The van der Waals surface area contributed by atoms with Crippen molar-refractivity contribution >= 4 is 33.4 Å². The molecule has 1 amide bonds. The molecule has 0 unspecified atom stereocenters. The lowest BCUT2D eigenvalue weighted by molar-refractivity contribution is -0.122. The summed E-state index contributed by atoms with van der Waals surface area (Å²) in [6.45, 7) is 5.90. The summed E-state index contributed by atoms with van der Waals surface area (Å²) in [6, 6.07) is 0.193. The van der Waals surface area contributed by atoms with Crippen molar-refractivity contribution in [2.45, 2.75) is 65.5 Å². The van der Waals surface area contributed by atoms with Gasteiger partial charge >= 0.3 is 5.97 Å². The van der Waals surface area contributed by atoms with E-state index in [0.29, 0.717) is 27.3 Å². The van der Waals surface area contributed by atoms with Crippen LogP contribution in [-0.4, -0.2) is 34.1 Å². The van der Waals surface area contributed by atoms with Crippen LogP contribution in [0.3, 0.4) is 0 Å². The zero-order valence-corrected chi connectivity index (χ0v) is 17.4. The van der Waals surface area contributed by atoms with E-state index in [2.05, 4.69) is 10.3 Å². The van der Waals surface area contributed by atoms with Gasteiger partial charge in [0.1, 0.15) is 16.3 Å². The molecule has 1 N–H and O–H groups in total. The number of hydrogen-bond acceptors (Lipinski definition) is 6. The normalized spacial score (nSPS) is 15.1. The maximum absolute atomic E-state index is 12.9. The summed E-state index contributed by atoms with van der Waals surface area (Å²) in [5.41, 5.74) is 0.258. The molecule has 8 heteroatoms. The summed E-state index contributed by atoms with van der Waals surface area (Å²) < 4.78 is 6.60. The van der Waals surface area contributed by atoms with Crippen LogP contribution in [0.25, 0.3) is 10.2 Å². The first-order valence-corrected chi connectivity index (χ1v) is 10.6. The van der Waals surface area contributed by atoms with Crippen molar-refractivity contribution in [1.29, 1.82) is 0 Å². The number of thiophene rings is 1. The highest BCUT2D eigenvalue weighted by Gasteiger charge is 2.22. The van der Waals surface area contributed by atoms with E-state index in [1.807, 2.05) is 13.8 Å². The number of esters is 1. The zero-order chi connectivity index (χ0) is 20.3. The summed E-state index contributed by atoms with van der Waals surface area (Å²) in [6.07, 6.45) is 6.83. The molecule has 0 radical (unpaired) electrons. The molecule has 2 aromatic heterocycles. The maximum atomic E-state index is 12.9. The van der Waals surface area contributed by atoms with E-state index in [9.17, 15) is 14.4 Å². The van der Waals surface area contributed by atoms with Gasteiger partial charge in [-0.05, 0) is 31.2 Å². The number of aromatic nitrogens is 2. The fourth-order valence-corrected chi connectivity index (χ4v) is 4.48. The van der Waals surface area contributed by atoms with Crippen LogP contribution >= 0.6 is 11.3 Å². The van der Waals surface area contributed by atoms with Gasteiger partial charge in [-0.3, -0.25) is 14.2 Å². The number of carbonyl (C=O) groups is 2. The number of carbonyl (C=O) groups excluding carboxylic acids is 2. The van der Waals surface area contributed by atoms with Crippen molar-refractivity contribution in [3.8, 4) is 0 Å². The molecule has 3 rings (SSSR count). The minimum Gasteiger partial charge on any atom is -0.461 e. The Labute approximate surface area is 168 Å². The largest absolute Gasteiger partial charge is 0.461 e. The number of nitrogens with one attached hydrogen (secondary N) is 1. The molecule has 2 heterocycles. The molecule has 0 atom stereocenters. The molecule has 2 aromatic rings. The summed E-state index contributed by atoms with van der Waals surface area (Å²) in [7, 11) is 0. The average molecular weight is 406 g/mol. The van der Waals surface area contributed by atoms with E-state index >= 15 is 0 Å². The van der Waals surface area contributed by atoms with Gasteiger partial charge in [-0.15, -0.1) is 11.3 Å². The fourth-order valence-electron chi connectivity index (χ4n) is 3.45. The predicted octanol–water partition coefficient (Wildman–Crippen LogP) is 3.03. The molecule has 1 fully saturated rings. The van der Waals surface area contributed by atoms with E-state index in [4.69, 9.17) is 4.74 Å². The number of ether oxygens (including phenoxy) is 1. The van der Waals surface area contributed by atoms with Crippen molar-refractivity contribution in [3.05, 3.63) is 27.1 Å². The Morgan fingerprint density at radius 2 is 2.04 bits per heavy atom. The predicted molar refractivity (Wildman–Crippen MR) is 109 cm³/mol. The summed E-state index contributed by atoms with van der Waals surface area (Å²) in [4.78, 5) is 42.7. The van der Waals surface area contributed by atoms with Crippen molar-refractivity contribution in [2.75, 3.05) is 6.61 Å². The quantitative estimate of drug-likeness (QED) is 0.746. The lowest BCUT2D eigenvalue weighted by Crippen LogP contribution is -2.39. The number of nitrogens with zero attached hydrogens (tertiary/aromatic N) is 2. The van der Waals surface area contributed by atoms with E-state index in [-0.39, 0.29) is 30.0 Å². The second kappa shape index (κ2) is 8.86. The molecule has 28 heavy (non-hydrogen) atoms.